The lowest BCUT2D eigenvalue weighted by atomic mass is 9.84. The first-order chi connectivity index (χ1) is 50.1. The molecule has 0 aromatic heterocycles. The smallest absolute Gasteiger partial charge is 0.343 e. The number of carbonyl (C=O) groups is 5. The summed E-state index contributed by atoms with van der Waals surface area (Å²) in [6.07, 6.45) is 11.1. The van der Waals surface area contributed by atoms with Gasteiger partial charge >= 0.3 is 29.8 Å². The van der Waals surface area contributed by atoms with Gasteiger partial charge in [0.1, 0.15) is 40.2 Å². The summed E-state index contributed by atoms with van der Waals surface area (Å²) in [5.41, 5.74) is 3.24. The fourth-order valence-corrected chi connectivity index (χ4v) is 11.2. The molecule has 556 valence electrons. The van der Waals surface area contributed by atoms with Gasteiger partial charge in [0.05, 0.1) is 134 Å². The van der Waals surface area contributed by atoms with Crippen molar-refractivity contribution in [1.29, 1.82) is 0 Å². The van der Waals surface area contributed by atoms with Crippen molar-refractivity contribution >= 4 is 29.8 Å². The highest BCUT2D eigenvalue weighted by Gasteiger charge is 2.39. The standard InChI is InChI=1S/C41H50O11.C41H52O10/c1-3-40(27-47-28-40)25-45-21-5-7-23-49-34-15-9-32(10-16-34)38(43)52-36-19-13-33(14-20-36)39(44)51-35-17-11-31(12-18-35)37(42)50-24-8-6-22-46-26-41(4-2)29-48-30-41;1-4-40(27-46-28-40)25-44-20-6-8-22-48-34-14-10-32(11-15-34)38(42)50-36-18-19-37(31(3)24-36)51-39(43)33-12-16-35(17-13-33)49-23-9-7-21-45-26-41(5-2)29-47-30-41/h9-20H,3-8,21-30H2,1-2H3;10-19,24H,4-9,20-23,25-30H2,1-3H3. The molecule has 21 heteroatoms. The fourth-order valence-electron chi connectivity index (χ4n) is 11.2. The minimum atomic E-state index is -0.595. The van der Waals surface area contributed by atoms with Gasteiger partial charge < -0.3 is 75.8 Å². The summed E-state index contributed by atoms with van der Waals surface area (Å²) < 4.78 is 89.5. The number of hydrogen-bond donors (Lipinski definition) is 0. The quantitative estimate of drug-likeness (QED) is 0.0196. The van der Waals surface area contributed by atoms with E-state index in [0.717, 1.165) is 143 Å². The number of rotatable bonds is 44. The van der Waals surface area contributed by atoms with Crippen LogP contribution >= 0.6 is 0 Å². The van der Waals surface area contributed by atoms with Crippen LogP contribution in [-0.4, -0.2) is 162 Å². The third-order valence-corrected chi connectivity index (χ3v) is 19.1. The van der Waals surface area contributed by atoms with Gasteiger partial charge in [-0.2, -0.15) is 0 Å². The Morgan fingerprint density at radius 2 is 0.553 bits per heavy atom. The maximum absolute atomic E-state index is 12.8. The van der Waals surface area contributed by atoms with Crippen molar-refractivity contribution in [3.8, 4) is 40.2 Å². The molecule has 0 amide bonds. The van der Waals surface area contributed by atoms with Crippen LogP contribution < -0.4 is 33.2 Å². The number of hydrogen-bond acceptors (Lipinski definition) is 21. The maximum Gasteiger partial charge on any atom is 0.343 e. The molecule has 0 radical (unpaired) electrons. The van der Waals surface area contributed by atoms with Crippen molar-refractivity contribution in [2.24, 2.45) is 21.7 Å². The van der Waals surface area contributed by atoms with Gasteiger partial charge in [0.2, 0.25) is 0 Å². The average molecular weight is 1420 g/mol. The molecule has 10 rings (SSSR count). The van der Waals surface area contributed by atoms with Gasteiger partial charge in [-0.15, -0.1) is 0 Å². The lowest BCUT2D eigenvalue weighted by Crippen LogP contribution is -2.45. The van der Waals surface area contributed by atoms with E-state index >= 15 is 0 Å². The minimum Gasteiger partial charge on any atom is -0.494 e. The summed E-state index contributed by atoms with van der Waals surface area (Å²) in [5, 5.41) is 0. The molecule has 0 atom stereocenters. The first-order valence-corrected chi connectivity index (χ1v) is 36.3. The highest BCUT2D eigenvalue weighted by atomic mass is 16.6. The Balaban J connectivity index is 0.000000239. The van der Waals surface area contributed by atoms with Crippen LogP contribution in [-0.2, 0) is 42.6 Å². The normalized spacial score (nSPS) is 15.6. The first kappa shape index (κ1) is 78.9. The van der Waals surface area contributed by atoms with Crippen LogP contribution in [0.1, 0.15) is 162 Å². The van der Waals surface area contributed by atoms with E-state index in [1.807, 2.05) is 0 Å². The molecule has 0 saturated carbocycles. The second kappa shape index (κ2) is 40.7. The van der Waals surface area contributed by atoms with Gasteiger partial charge in [0, 0.05) is 48.1 Å². The van der Waals surface area contributed by atoms with E-state index in [0.29, 0.717) is 122 Å². The summed E-state index contributed by atoms with van der Waals surface area (Å²) in [6, 6.07) is 37.6. The SMILES string of the molecule is CCC1(COCCCCOC(=O)c2ccc(OC(=O)c3ccc(OC(=O)c4ccc(OCCCCOCC5(CC)COC5)cc4)cc3)cc2)COC1.CCC1(COCCCCOc2ccc(C(=O)Oc3ccc(OC(=O)c4ccc(OCCCCOCC5(CC)COC5)cc4)c(C)c3)cc2)COC1. The van der Waals surface area contributed by atoms with Crippen LogP contribution in [0.4, 0.5) is 0 Å². The van der Waals surface area contributed by atoms with E-state index < -0.39 is 29.8 Å². The summed E-state index contributed by atoms with van der Waals surface area (Å²) in [5.74, 6) is 0.755. The number of unbranched alkanes of at least 4 members (excludes halogenated alkanes) is 4. The monoisotopic (exact) mass is 1420 g/mol. The fraction of sp³-hybridized carbons (Fsp3) is 0.500. The Morgan fingerprint density at radius 3 is 0.835 bits per heavy atom. The van der Waals surface area contributed by atoms with E-state index in [4.69, 9.17) is 75.8 Å². The molecule has 4 saturated heterocycles. The summed E-state index contributed by atoms with van der Waals surface area (Å²) in [4.78, 5) is 63.4. The van der Waals surface area contributed by atoms with Gasteiger partial charge in [-0.1, -0.05) is 27.7 Å². The van der Waals surface area contributed by atoms with Crippen molar-refractivity contribution < 1.29 is 99.8 Å². The van der Waals surface area contributed by atoms with Gasteiger partial charge in [-0.05, 0) is 229 Å². The van der Waals surface area contributed by atoms with E-state index in [1.165, 1.54) is 36.4 Å². The molecule has 4 aliphatic heterocycles. The summed E-state index contributed by atoms with van der Waals surface area (Å²) in [6.45, 7) is 24.4. The number of aryl methyl sites for hydroxylation is 1. The molecule has 21 nitrogen and oxygen atoms in total. The zero-order valence-corrected chi connectivity index (χ0v) is 60.5. The molecule has 103 heavy (non-hydrogen) atoms. The molecule has 4 aliphatic rings. The van der Waals surface area contributed by atoms with Gasteiger partial charge in [-0.3, -0.25) is 0 Å². The van der Waals surface area contributed by atoms with Crippen LogP contribution in [0.5, 0.6) is 40.2 Å². The first-order valence-electron chi connectivity index (χ1n) is 36.3. The Hall–Kier alpha value is -8.25. The molecule has 0 N–H and O–H groups in total. The highest BCUT2D eigenvalue weighted by Crippen LogP contribution is 2.35. The van der Waals surface area contributed by atoms with E-state index in [1.54, 1.807) is 110 Å². The molecule has 6 aromatic rings. The molecule has 0 bridgehead atoms. The topological polar surface area (TPSA) is 233 Å². The van der Waals surface area contributed by atoms with Crippen LogP contribution in [0, 0.1) is 28.6 Å². The molecule has 6 aromatic carbocycles. The van der Waals surface area contributed by atoms with Crippen molar-refractivity contribution in [2.45, 2.75) is 112 Å². The van der Waals surface area contributed by atoms with E-state index in [-0.39, 0.29) is 38.7 Å². The van der Waals surface area contributed by atoms with Crippen molar-refractivity contribution in [1.82, 2.24) is 0 Å². The Morgan fingerprint density at radius 1 is 0.301 bits per heavy atom. The average Bonchev–Trinajstić information content (AvgIpc) is 0.848. The number of carbonyl (C=O) groups excluding carboxylic acids is 5. The largest absolute Gasteiger partial charge is 0.494 e. The predicted octanol–water partition coefficient (Wildman–Crippen LogP) is 14.7. The molecule has 4 heterocycles. The molecule has 4 fully saturated rings. The lowest BCUT2D eigenvalue weighted by Gasteiger charge is -2.40. The minimum absolute atomic E-state index is 0.168. The van der Waals surface area contributed by atoms with Crippen molar-refractivity contribution in [2.75, 3.05) is 132 Å². The van der Waals surface area contributed by atoms with E-state index in [9.17, 15) is 24.0 Å². The molecular formula is C82H102O21. The van der Waals surface area contributed by atoms with E-state index in [2.05, 4.69) is 27.7 Å². The molecular weight excluding hydrogens is 1320 g/mol. The van der Waals surface area contributed by atoms with Gasteiger partial charge in [0.15, 0.2) is 0 Å². The molecule has 0 spiro atoms. The summed E-state index contributed by atoms with van der Waals surface area (Å²) >= 11 is 0. The summed E-state index contributed by atoms with van der Waals surface area (Å²) in [7, 11) is 0. The van der Waals surface area contributed by atoms with Crippen molar-refractivity contribution in [3.63, 3.8) is 0 Å². The van der Waals surface area contributed by atoms with Crippen molar-refractivity contribution in [3.05, 3.63) is 173 Å². The number of benzene rings is 6. The second-order valence-electron chi connectivity index (χ2n) is 27.2. The second-order valence-corrected chi connectivity index (χ2v) is 27.2. The third-order valence-electron chi connectivity index (χ3n) is 19.1. The van der Waals surface area contributed by atoms with Gasteiger partial charge in [-0.25, -0.2) is 24.0 Å². The zero-order valence-electron chi connectivity index (χ0n) is 60.5. The van der Waals surface area contributed by atoms with Crippen LogP contribution in [0.2, 0.25) is 0 Å². The van der Waals surface area contributed by atoms with Crippen LogP contribution in [0.25, 0.3) is 0 Å². The highest BCUT2D eigenvalue weighted by molar-refractivity contribution is 5.94. The predicted molar refractivity (Wildman–Crippen MR) is 384 cm³/mol. The lowest BCUT2D eigenvalue weighted by molar-refractivity contribution is -0.150. The third kappa shape index (κ3) is 24.7. The molecule has 0 unspecified atom stereocenters. The van der Waals surface area contributed by atoms with Crippen LogP contribution in [0.15, 0.2) is 140 Å². The maximum atomic E-state index is 12.8. The number of esters is 5. The number of ether oxygens (including phenoxy) is 16. The van der Waals surface area contributed by atoms with Crippen LogP contribution in [0.3, 0.4) is 0 Å². The Labute approximate surface area is 605 Å². The van der Waals surface area contributed by atoms with Gasteiger partial charge in [0.25, 0.3) is 0 Å². The molecule has 0 aliphatic carbocycles. The Bertz CT molecular complexity index is 3540. The Kier molecular flexibility index (Phi) is 31.2. The zero-order chi connectivity index (χ0) is 72.6.